The number of hydrogen-bond acceptors (Lipinski definition) is 7. The first kappa shape index (κ1) is 58.7. The highest BCUT2D eigenvalue weighted by atomic mass is 31.2. The smallest absolute Gasteiger partial charge is 0.306 e. The first-order valence-electron chi connectivity index (χ1n) is 25.2. The lowest BCUT2D eigenvalue weighted by atomic mass is 10.0. The highest BCUT2D eigenvalue weighted by Gasteiger charge is 2.20. The van der Waals surface area contributed by atoms with Gasteiger partial charge in [0.2, 0.25) is 0 Å². The Morgan fingerprint density at radius 3 is 1.37 bits per heavy atom. The van der Waals surface area contributed by atoms with Crippen molar-refractivity contribution in [3.63, 3.8) is 0 Å². The number of phosphoric acid groups is 1. The van der Waals surface area contributed by atoms with E-state index in [-0.39, 0.29) is 25.8 Å². The SMILES string of the molecule is CCCCCCC/C=C\C/C=C\C/C=C\CCCCCCCCCCCCC(=O)OC(COCCCCCCCCCCCCCCC)COP(=O)([O-])OCC[N+](C)(C)C. The second kappa shape index (κ2) is 44.3. The van der Waals surface area contributed by atoms with Crippen LogP contribution in [0.2, 0.25) is 0 Å². The van der Waals surface area contributed by atoms with Gasteiger partial charge in [-0.3, -0.25) is 9.36 Å². The van der Waals surface area contributed by atoms with Crippen molar-refractivity contribution in [3.8, 4) is 0 Å². The van der Waals surface area contributed by atoms with E-state index in [1.54, 1.807) is 0 Å². The predicted octanol–water partition coefficient (Wildman–Crippen LogP) is 14.7. The molecule has 0 N–H and O–H groups in total. The fourth-order valence-electron chi connectivity index (χ4n) is 7.03. The molecule has 0 fully saturated rings. The van der Waals surface area contributed by atoms with Crippen LogP contribution in [0.5, 0.6) is 0 Å². The molecule has 0 heterocycles. The van der Waals surface area contributed by atoms with Crippen LogP contribution in [0.25, 0.3) is 0 Å². The van der Waals surface area contributed by atoms with E-state index in [9.17, 15) is 14.3 Å². The number of unbranched alkanes of at least 4 members (excludes halogenated alkanes) is 27. The van der Waals surface area contributed by atoms with Gasteiger partial charge in [0, 0.05) is 13.0 Å². The second-order valence-corrected chi connectivity index (χ2v) is 19.6. The van der Waals surface area contributed by atoms with Gasteiger partial charge in [-0.15, -0.1) is 0 Å². The minimum absolute atomic E-state index is 0.0265. The van der Waals surface area contributed by atoms with Gasteiger partial charge in [-0.1, -0.05) is 204 Å². The van der Waals surface area contributed by atoms with Crippen LogP contribution < -0.4 is 4.89 Å². The highest BCUT2D eigenvalue weighted by Crippen LogP contribution is 2.38. The van der Waals surface area contributed by atoms with E-state index in [1.165, 1.54) is 161 Å². The van der Waals surface area contributed by atoms with Crippen LogP contribution in [0.15, 0.2) is 36.5 Å². The van der Waals surface area contributed by atoms with E-state index < -0.39 is 13.9 Å². The number of esters is 1. The molecule has 0 rings (SSSR count). The molecule has 0 aromatic rings. The van der Waals surface area contributed by atoms with E-state index in [2.05, 4.69) is 50.3 Å². The number of ether oxygens (including phenoxy) is 2. The monoisotopic (exact) mass is 868 g/mol. The predicted molar refractivity (Wildman–Crippen MR) is 254 cm³/mol. The Morgan fingerprint density at radius 1 is 0.517 bits per heavy atom. The number of quaternary nitrogens is 1. The molecule has 2 atom stereocenters. The minimum Gasteiger partial charge on any atom is -0.756 e. The molecular formula is C51H98NO7P. The Balaban J connectivity index is 4.10. The summed E-state index contributed by atoms with van der Waals surface area (Å²) in [5, 5.41) is 0. The zero-order chi connectivity index (χ0) is 44.1. The average Bonchev–Trinajstić information content (AvgIpc) is 3.20. The second-order valence-electron chi connectivity index (χ2n) is 18.2. The molecule has 8 nitrogen and oxygen atoms in total. The summed E-state index contributed by atoms with van der Waals surface area (Å²) in [7, 11) is 1.36. The number of phosphoric ester groups is 1. The number of rotatable bonds is 47. The maximum Gasteiger partial charge on any atom is 0.306 e. The van der Waals surface area contributed by atoms with Crippen LogP contribution in [0.3, 0.4) is 0 Å². The van der Waals surface area contributed by atoms with Gasteiger partial charge in [-0.2, -0.15) is 0 Å². The molecule has 0 saturated heterocycles. The van der Waals surface area contributed by atoms with Crippen LogP contribution in [0.4, 0.5) is 0 Å². The Kier molecular flexibility index (Phi) is 43.4. The fraction of sp³-hybridized carbons (Fsp3) is 0.863. The minimum atomic E-state index is -4.53. The van der Waals surface area contributed by atoms with E-state index in [0.29, 0.717) is 24.1 Å². The van der Waals surface area contributed by atoms with Crippen molar-refractivity contribution in [1.82, 2.24) is 0 Å². The third kappa shape index (κ3) is 47.8. The van der Waals surface area contributed by atoms with E-state index >= 15 is 0 Å². The van der Waals surface area contributed by atoms with Gasteiger partial charge in [0.05, 0.1) is 34.4 Å². The Bertz CT molecular complexity index is 1060. The molecule has 0 aliphatic rings. The summed E-state index contributed by atoms with van der Waals surface area (Å²) in [6.07, 6.45) is 53.0. The molecule has 0 aromatic carbocycles. The third-order valence-electron chi connectivity index (χ3n) is 10.9. The van der Waals surface area contributed by atoms with Crippen LogP contribution in [-0.4, -0.2) is 70.7 Å². The van der Waals surface area contributed by atoms with Crippen LogP contribution in [0.1, 0.15) is 226 Å². The summed E-state index contributed by atoms with van der Waals surface area (Å²) in [4.78, 5) is 25.1. The van der Waals surface area contributed by atoms with Gasteiger partial charge < -0.3 is 27.9 Å². The van der Waals surface area contributed by atoms with Crippen molar-refractivity contribution < 1.29 is 37.3 Å². The number of carbonyl (C=O) groups excluding carboxylic acids is 1. The lowest BCUT2D eigenvalue weighted by molar-refractivity contribution is -0.870. The van der Waals surface area contributed by atoms with E-state index in [1.807, 2.05) is 21.1 Å². The Morgan fingerprint density at radius 2 is 0.917 bits per heavy atom. The standard InChI is InChI=1S/C51H98NO7P/c1-6-8-10-12-14-16-18-20-21-22-23-24-25-26-27-28-29-30-31-32-34-36-38-40-42-44-51(53)59-50(49-58-60(54,55)57-47-45-52(3,4)5)48-56-46-43-41-39-37-35-33-19-17-15-13-11-9-7-2/h18,20,22-23,25-26,50H,6-17,19,21,24,27-49H2,1-5H3/b20-18-,23-22-,26-25-. The van der Waals surface area contributed by atoms with Gasteiger partial charge in [0.15, 0.2) is 0 Å². The molecule has 2 unspecified atom stereocenters. The Labute approximate surface area is 372 Å². The van der Waals surface area contributed by atoms with Gasteiger partial charge >= 0.3 is 5.97 Å². The number of carbonyl (C=O) groups is 1. The summed E-state index contributed by atoms with van der Waals surface area (Å²) >= 11 is 0. The molecular weight excluding hydrogens is 770 g/mol. The zero-order valence-corrected chi connectivity index (χ0v) is 41.1. The first-order chi connectivity index (χ1) is 29.1. The molecule has 9 heteroatoms. The van der Waals surface area contributed by atoms with Gasteiger partial charge in [0.25, 0.3) is 7.82 Å². The van der Waals surface area contributed by atoms with Gasteiger partial charge in [0.1, 0.15) is 19.3 Å². The molecule has 0 radical (unpaired) electrons. The molecule has 0 aliphatic carbocycles. The molecule has 0 spiro atoms. The van der Waals surface area contributed by atoms with E-state index in [0.717, 1.165) is 44.9 Å². The highest BCUT2D eigenvalue weighted by molar-refractivity contribution is 7.45. The maximum atomic E-state index is 12.7. The molecule has 60 heavy (non-hydrogen) atoms. The fourth-order valence-corrected chi connectivity index (χ4v) is 7.75. The number of likely N-dealkylation sites (N-methyl/N-ethyl adjacent to an activating group) is 1. The quantitative estimate of drug-likeness (QED) is 0.0198. The summed E-state index contributed by atoms with van der Waals surface area (Å²) in [6, 6.07) is 0. The maximum absolute atomic E-state index is 12.7. The van der Waals surface area contributed by atoms with E-state index in [4.69, 9.17) is 18.5 Å². The first-order valence-corrected chi connectivity index (χ1v) is 26.7. The summed E-state index contributed by atoms with van der Waals surface area (Å²) in [5.41, 5.74) is 0. The van der Waals surface area contributed by atoms with Gasteiger partial charge in [-0.25, -0.2) is 0 Å². The molecule has 0 amide bonds. The topological polar surface area (TPSA) is 94.1 Å². The molecule has 354 valence electrons. The molecule has 0 aromatic heterocycles. The molecule has 0 bridgehead atoms. The van der Waals surface area contributed by atoms with Crippen LogP contribution in [-0.2, 0) is 27.9 Å². The van der Waals surface area contributed by atoms with Gasteiger partial charge in [-0.05, 0) is 51.4 Å². The van der Waals surface area contributed by atoms with Crippen molar-refractivity contribution in [1.29, 1.82) is 0 Å². The Hall–Kier alpha value is -1.28. The lowest BCUT2D eigenvalue weighted by Gasteiger charge is -2.28. The summed E-state index contributed by atoms with van der Waals surface area (Å²) in [6.45, 7) is 5.43. The lowest BCUT2D eigenvalue weighted by Crippen LogP contribution is -2.37. The van der Waals surface area contributed by atoms with Crippen molar-refractivity contribution in [3.05, 3.63) is 36.5 Å². The molecule has 0 aliphatic heterocycles. The largest absolute Gasteiger partial charge is 0.756 e. The zero-order valence-electron chi connectivity index (χ0n) is 40.2. The van der Waals surface area contributed by atoms with Crippen molar-refractivity contribution >= 4 is 13.8 Å². The summed E-state index contributed by atoms with van der Waals surface area (Å²) < 4.78 is 34.7. The van der Waals surface area contributed by atoms with Crippen LogP contribution in [0, 0.1) is 0 Å². The normalized spacial score (nSPS) is 13.9. The number of hydrogen-bond donors (Lipinski definition) is 0. The number of allylic oxidation sites excluding steroid dienone is 6. The van der Waals surface area contributed by atoms with Crippen molar-refractivity contribution in [2.45, 2.75) is 232 Å². The average molecular weight is 868 g/mol. The summed E-state index contributed by atoms with van der Waals surface area (Å²) in [5.74, 6) is -0.335. The van der Waals surface area contributed by atoms with Crippen LogP contribution >= 0.6 is 7.82 Å². The third-order valence-corrected chi connectivity index (χ3v) is 11.9. The molecule has 0 saturated carbocycles. The van der Waals surface area contributed by atoms with Crippen molar-refractivity contribution in [2.24, 2.45) is 0 Å². The number of nitrogens with zero attached hydrogens (tertiary/aromatic N) is 1. The van der Waals surface area contributed by atoms with Crippen molar-refractivity contribution in [2.75, 3.05) is 54.1 Å².